The van der Waals surface area contributed by atoms with Gasteiger partial charge in [0.2, 0.25) is 0 Å². The molecule has 0 saturated heterocycles. The maximum absolute atomic E-state index is 10.3. The summed E-state index contributed by atoms with van der Waals surface area (Å²) in [7, 11) is 0. The number of benzene rings is 1. The van der Waals surface area contributed by atoms with Crippen LogP contribution in [0.3, 0.4) is 0 Å². The number of carboxylic acids is 1. The molecular formula is C8H7BrO4. The van der Waals surface area contributed by atoms with Crippen LogP contribution in [-0.4, -0.2) is 21.3 Å². The van der Waals surface area contributed by atoms with Crippen LogP contribution in [0, 0.1) is 0 Å². The van der Waals surface area contributed by atoms with Crippen LogP contribution in [0.25, 0.3) is 0 Å². The fourth-order valence-electron chi connectivity index (χ4n) is 0.916. The summed E-state index contributed by atoms with van der Waals surface area (Å²) in [5.74, 6) is -1.60. The molecule has 0 aliphatic heterocycles. The summed E-state index contributed by atoms with van der Waals surface area (Å²) in [6.45, 7) is 0. The average molecular weight is 247 g/mol. The largest absolute Gasteiger partial charge is 0.504 e. The van der Waals surface area contributed by atoms with E-state index in [0.29, 0.717) is 5.56 Å². The summed E-state index contributed by atoms with van der Waals surface area (Å²) < 4.78 is 0.281. The second-order valence-electron chi connectivity index (χ2n) is 2.52. The number of phenolic OH excluding ortho intramolecular Hbond substituents is 2. The van der Waals surface area contributed by atoms with Crippen molar-refractivity contribution in [2.75, 3.05) is 0 Å². The lowest BCUT2D eigenvalue weighted by Gasteiger charge is -2.03. The standard InChI is InChI=1S/C8H7BrO4/c9-5-1-4(3-7(11)12)2-6(10)8(5)13/h1-2,10,13H,3H2,(H,11,12). The van der Waals surface area contributed by atoms with Crippen molar-refractivity contribution in [2.45, 2.75) is 6.42 Å². The first-order chi connectivity index (χ1) is 6.00. The molecule has 4 nitrogen and oxygen atoms in total. The molecule has 0 bridgehead atoms. The second-order valence-corrected chi connectivity index (χ2v) is 3.37. The van der Waals surface area contributed by atoms with Crippen molar-refractivity contribution >= 4 is 21.9 Å². The first-order valence-corrected chi connectivity index (χ1v) is 4.22. The minimum Gasteiger partial charge on any atom is -0.504 e. The Labute approximate surface area is 82.6 Å². The topological polar surface area (TPSA) is 77.8 Å². The Balaban J connectivity index is 3.06. The molecule has 0 unspecified atom stereocenters. The number of carbonyl (C=O) groups is 1. The number of carboxylic acid groups (broad SMARTS) is 1. The molecule has 0 amide bonds. The third-order valence-electron chi connectivity index (χ3n) is 1.46. The fraction of sp³-hybridized carbons (Fsp3) is 0.125. The van der Waals surface area contributed by atoms with Crippen LogP contribution in [0.5, 0.6) is 11.5 Å². The average Bonchev–Trinajstić information content (AvgIpc) is 1.98. The van der Waals surface area contributed by atoms with Crippen molar-refractivity contribution in [3.63, 3.8) is 0 Å². The van der Waals surface area contributed by atoms with Gasteiger partial charge in [-0.2, -0.15) is 0 Å². The number of halogens is 1. The normalized spacial score (nSPS) is 9.92. The van der Waals surface area contributed by atoms with Gasteiger partial charge in [-0.05, 0) is 33.6 Å². The van der Waals surface area contributed by atoms with E-state index >= 15 is 0 Å². The van der Waals surface area contributed by atoms with E-state index in [1.54, 1.807) is 0 Å². The first kappa shape index (κ1) is 9.85. The highest BCUT2D eigenvalue weighted by Gasteiger charge is 2.08. The van der Waals surface area contributed by atoms with Gasteiger partial charge in [0.1, 0.15) is 0 Å². The van der Waals surface area contributed by atoms with E-state index in [1.165, 1.54) is 12.1 Å². The van der Waals surface area contributed by atoms with E-state index < -0.39 is 5.97 Å². The summed E-state index contributed by atoms with van der Waals surface area (Å²) in [4.78, 5) is 10.3. The molecule has 0 saturated carbocycles. The molecule has 0 heterocycles. The first-order valence-electron chi connectivity index (χ1n) is 3.43. The van der Waals surface area contributed by atoms with Crippen LogP contribution < -0.4 is 0 Å². The van der Waals surface area contributed by atoms with Gasteiger partial charge in [0, 0.05) is 0 Å². The van der Waals surface area contributed by atoms with Gasteiger partial charge < -0.3 is 15.3 Å². The fourth-order valence-corrected chi connectivity index (χ4v) is 1.41. The molecule has 1 aromatic carbocycles. The van der Waals surface area contributed by atoms with Crippen molar-refractivity contribution in [1.29, 1.82) is 0 Å². The van der Waals surface area contributed by atoms with E-state index in [4.69, 9.17) is 15.3 Å². The SMILES string of the molecule is O=C(O)Cc1cc(O)c(O)c(Br)c1. The third kappa shape index (κ3) is 2.35. The van der Waals surface area contributed by atoms with Gasteiger partial charge in [0.25, 0.3) is 0 Å². The Hall–Kier alpha value is -1.23. The van der Waals surface area contributed by atoms with Gasteiger partial charge in [-0.15, -0.1) is 0 Å². The zero-order valence-corrected chi connectivity index (χ0v) is 8.08. The van der Waals surface area contributed by atoms with Crippen molar-refractivity contribution in [3.05, 3.63) is 22.2 Å². The van der Waals surface area contributed by atoms with E-state index in [-0.39, 0.29) is 22.4 Å². The van der Waals surface area contributed by atoms with Crippen molar-refractivity contribution in [3.8, 4) is 11.5 Å². The number of hydrogen-bond donors (Lipinski definition) is 3. The maximum atomic E-state index is 10.3. The lowest BCUT2D eigenvalue weighted by Crippen LogP contribution is -1.99. The van der Waals surface area contributed by atoms with E-state index in [2.05, 4.69) is 15.9 Å². The summed E-state index contributed by atoms with van der Waals surface area (Å²) in [6, 6.07) is 2.66. The molecule has 0 fully saturated rings. The number of rotatable bonds is 2. The predicted octanol–water partition coefficient (Wildman–Crippen LogP) is 1.49. The molecule has 0 aliphatic rings. The summed E-state index contributed by atoms with van der Waals surface area (Å²) in [5.41, 5.74) is 0.426. The Morgan fingerprint density at radius 2 is 2.00 bits per heavy atom. The minimum atomic E-state index is -0.989. The predicted molar refractivity (Wildman–Crippen MR) is 48.8 cm³/mol. The lowest BCUT2D eigenvalue weighted by atomic mass is 10.1. The molecule has 0 aliphatic carbocycles. The minimum absolute atomic E-state index is 0.188. The van der Waals surface area contributed by atoms with Gasteiger partial charge in [-0.25, -0.2) is 0 Å². The molecule has 0 aromatic heterocycles. The van der Waals surface area contributed by atoms with E-state index in [0.717, 1.165) is 0 Å². The van der Waals surface area contributed by atoms with Crippen LogP contribution in [0.4, 0.5) is 0 Å². The quantitative estimate of drug-likeness (QED) is 0.692. The van der Waals surface area contributed by atoms with Gasteiger partial charge in [0.05, 0.1) is 10.9 Å². The van der Waals surface area contributed by atoms with Gasteiger partial charge in [-0.3, -0.25) is 4.79 Å². The molecule has 1 rings (SSSR count). The molecular weight excluding hydrogens is 240 g/mol. The molecule has 1 aromatic rings. The molecule has 70 valence electrons. The maximum Gasteiger partial charge on any atom is 0.307 e. The van der Waals surface area contributed by atoms with Crippen molar-refractivity contribution in [2.24, 2.45) is 0 Å². The zero-order valence-electron chi connectivity index (χ0n) is 6.49. The van der Waals surface area contributed by atoms with Gasteiger partial charge in [0.15, 0.2) is 11.5 Å². The molecule has 13 heavy (non-hydrogen) atoms. The summed E-state index contributed by atoms with van der Waals surface area (Å²) in [6.07, 6.45) is -0.188. The summed E-state index contributed by atoms with van der Waals surface area (Å²) >= 11 is 2.98. The van der Waals surface area contributed by atoms with Crippen LogP contribution in [0.1, 0.15) is 5.56 Å². The van der Waals surface area contributed by atoms with Crippen LogP contribution in [0.2, 0.25) is 0 Å². The highest BCUT2D eigenvalue weighted by Crippen LogP contribution is 2.34. The molecule has 0 radical (unpaired) electrons. The number of aliphatic carboxylic acids is 1. The third-order valence-corrected chi connectivity index (χ3v) is 2.06. The van der Waals surface area contributed by atoms with Gasteiger partial charge >= 0.3 is 5.97 Å². The molecule has 3 N–H and O–H groups in total. The highest BCUT2D eigenvalue weighted by atomic mass is 79.9. The lowest BCUT2D eigenvalue weighted by molar-refractivity contribution is -0.136. The summed E-state index contributed by atoms with van der Waals surface area (Å²) in [5, 5.41) is 26.7. The second kappa shape index (κ2) is 3.66. The molecule has 0 atom stereocenters. The molecule has 5 heteroatoms. The van der Waals surface area contributed by atoms with Crippen LogP contribution in [0.15, 0.2) is 16.6 Å². The van der Waals surface area contributed by atoms with E-state index in [1.807, 2.05) is 0 Å². The van der Waals surface area contributed by atoms with Gasteiger partial charge in [-0.1, -0.05) is 0 Å². The molecule has 0 spiro atoms. The van der Waals surface area contributed by atoms with Crippen molar-refractivity contribution < 1.29 is 20.1 Å². The Bertz CT molecular complexity index is 325. The number of hydrogen-bond acceptors (Lipinski definition) is 3. The highest BCUT2D eigenvalue weighted by molar-refractivity contribution is 9.10. The smallest absolute Gasteiger partial charge is 0.307 e. The number of aromatic hydroxyl groups is 2. The Morgan fingerprint density at radius 1 is 1.38 bits per heavy atom. The zero-order chi connectivity index (χ0) is 10.0. The Kier molecular flexibility index (Phi) is 2.77. The number of phenols is 2. The Morgan fingerprint density at radius 3 is 2.46 bits per heavy atom. The van der Waals surface area contributed by atoms with E-state index in [9.17, 15) is 4.79 Å². The van der Waals surface area contributed by atoms with Crippen LogP contribution in [-0.2, 0) is 11.2 Å². The monoisotopic (exact) mass is 246 g/mol. The van der Waals surface area contributed by atoms with Crippen LogP contribution >= 0.6 is 15.9 Å². The van der Waals surface area contributed by atoms with Crippen molar-refractivity contribution in [1.82, 2.24) is 0 Å².